The highest BCUT2D eigenvalue weighted by Gasteiger charge is 2.21. The zero-order valence-electron chi connectivity index (χ0n) is 17.5. The highest BCUT2D eigenvalue weighted by Crippen LogP contribution is 2.27. The Morgan fingerprint density at radius 1 is 1.10 bits per heavy atom. The van der Waals surface area contributed by atoms with Crippen molar-refractivity contribution in [3.8, 4) is 5.75 Å². The minimum absolute atomic E-state index is 0. The van der Waals surface area contributed by atoms with E-state index in [-0.39, 0.29) is 24.0 Å². The van der Waals surface area contributed by atoms with Gasteiger partial charge < -0.3 is 25.1 Å². The predicted molar refractivity (Wildman–Crippen MR) is 136 cm³/mol. The monoisotopic (exact) mass is 542 g/mol. The standard InChI is InChI=1S/C21H30N6OS.HI/c1-22-20(23-9-8-17-16-29-21(24-17)27-10-4-5-11-27)26-14-12-25(13-15-26)18-6-2-3-7-19(18)28;/h2-3,6-7,16,28H,4-5,8-15H2,1H3,(H,22,23);1H. The Kier molecular flexibility index (Phi) is 8.43. The maximum absolute atomic E-state index is 10.1. The molecule has 0 aliphatic carbocycles. The lowest BCUT2D eigenvalue weighted by Gasteiger charge is -2.37. The van der Waals surface area contributed by atoms with Crippen molar-refractivity contribution in [1.82, 2.24) is 15.2 Å². The van der Waals surface area contributed by atoms with E-state index in [4.69, 9.17) is 4.98 Å². The van der Waals surface area contributed by atoms with E-state index in [2.05, 4.69) is 30.4 Å². The van der Waals surface area contributed by atoms with Crippen LogP contribution in [0.15, 0.2) is 34.6 Å². The second-order valence-corrected chi connectivity index (χ2v) is 8.34. The van der Waals surface area contributed by atoms with Crippen molar-refractivity contribution in [3.05, 3.63) is 35.3 Å². The molecule has 0 radical (unpaired) electrons. The first kappa shape index (κ1) is 22.9. The summed E-state index contributed by atoms with van der Waals surface area (Å²) in [6.45, 7) is 6.60. The quantitative estimate of drug-likeness (QED) is 0.344. The number of aromatic nitrogens is 1. The van der Waals surface area contributed by atoms with Gasteiger partial charge in [0.15, 0.2) is 11.1 Å². The third-order valence-electron chi connectivity index (χ3n) is 5.59. The van der Waals surface area contributed by atoms with Gasteiger partial charge in [0.1, 0.15) is 5.75 Å². The molecule has 2 N–H and O–H groups in total. The van der Waals surface area contributed by atoms with Crippen LogP contribution in [0.5, 0.6) is 5.75 Å². The van der Waals surface area contributed by atoms with E-state index in [0.717, 1.165) is 69.6 Å². The number of aromatic hydroxyl groups is 1. The van der Waals surface area contributed by atoms with E-state index < -0.39 is 0 Å². The number of hydrogen-bond acceptors (Lipinski definition) is 6. The van der Waals surface area contributed by atoms with Gasteiger partial charge in [-0.1, -0.05) is 12.1 Å². The maximum atomic E-state index is 10.1. The Labute approximate surface area is 199 Å². The van der Waals surface area contributed by atoms with Gasteiger partial charge in [-0.2, -0.15) is 0 Å². The van der Waals surface area contributed by atoms with Gasteiger partial charge in [-0.15, -0.1) is 35.3 Å². The summed E-state index contributed by atoms with van der Waals surface area (Å²) < 4.78 is 0. The number of nitrogens with one attached hydrogen (secondary N) is 1. The fourth-order valence-electron chi connectivity index (χ4n) is 3.99. The first-order valence-electron chi connectivity index (χ1n) is 10.4. The van der Waals surface area contributed by atoms with Gasteiger partial charge >= 0.3 is 0 Å². The molecule has 0 bridgehead atoms. The molecule has 0 atom stereocenters. The summed E-state index contributed by atoms with van der Waals surface area (Å²) in [4.78, 5) is 16.2. The number of aliphatic imine (C=N–C) groups is 1. The fraction of sp³-hybridized carbons (Fsp3) is 0.524. The normalized spacial score (nSPS) is 17.2. The predicted octanol–water partition coefficient (Wildman–Crippen LogP) is 3.01. The molecule has 164 valence electrons. The maximum Gasteiger partial charge on any atom is 0.193 e. The van der Waals surface area contributed by atoms with Gasteiger partial charge in [0.25, 0.3) is 0 Å². The van der Waals surface area contributed by atoms with Crippen LogP contribution in [-0.2, 0) is 6.42 Å². The van der Waals surface area contributed by atoms with Crippen LogP contribution >= 0.6 is 35.3 Å². The topological polar surface area (TPSA) is 67.2 Å². The Morgan fingerprint density at radius 2 is 1.83 bits per heavy atom. The van der Waals surface area contributed by atoms with Crippen LogP contribution in [0.4, 0.5) is 10.8 Å². The molecule has 30 heavy (non-hydrogen) atoms. The Morgan fingerprint density at radius 3 is 2.53 bits per heavy atom. The number of nitrogens with zero attached hydrogens (tertiary/aromatic N) is 5. The number of rotatable bonds is 5. The van der Waals surface area contributed by atoms with Crippen LogP contribution in [-0.4, -0.2) is 73.8 Å². The molecule has 3 heterocycles. The lowest BCUT2D eigenvalue weighted by Crippen LogP contribution is -2.52. The van der Waals surface area contributed by atoms with Gasteiger partial charge in [-0.25, -0.2) is 4.98 Å². The molecule has 7 nitrogen and oxygen atoms in total. The van der Waals surface area contributed by atoms with Gasteiger partial charge in [-0.3, -0.25) is 4.99 Å². The molecule has 2 saturated heterocycles. The van der Waals surface area contributed by atoms with E-state index in [1.165, 1.54) is 18.0 Å². The van der Waals surface area contributed by atoms with E-state index in [1.807, 2.05) is 25.2 Å². The van der Waals surface area contributed by atoms with Gasteiger partial charge in [0.2, 0.25) is 0 Å². The molecule has 2 fully saturated rings. The zero-order chi connectivity index (χ0) is 20.1. The number of thiazole rings is 1. The minimum atomic E-state index is 0. The molecule has 2 aliphatic heterocycles. The van der Waals surface area contributed by atoms with Crippen molar-refractivity contribution in [2.75, 3.05) is 62.7 Å². The molecule has 0 spiro atoms. The van der Waals surface area contributed by atoms with E-state index >= 15 is 0 Å². The SMILES string of the molecule is CN=C(NCCc1csc(N2CCCC2)n1)N1CCN(c2ccccc2O)CC1.I. The lowest BCUT2D eigenvalue weighted by molar-refractivity contribution is 0.370. The molecule has 1 aromatic heterocycles. The Balaban J connectivity index is 0.00000256. The van der Waals surface area contributed by atoms with Gasteiger partial charge in [-0.05, 0) is 25.0 Å². The first-order valence-corrected chi connectivity index (χ1v) is 11.3. The van der Waals surface area contributed by atoms with Crippen LogP contribution in [0, 0.1) is 0 Å². The number of hydrogen-bond donors (Lipinski definition) is 2. The number of piperazine rings is 1. The van der Waals surface area contributed by atoms with Crippen molar-refractivity contribution in [3.63, 3.8) is 0 Å². The van der Waals surface area contributed by atoms with Gasteiger partial charge in [0.05, 0.1) is 11.4 Å². The molecule has 1 aromatic carbocycles. The summed E-state index contributed by atoms with van der Waals surface area (Å²) in [5, 5.41) is 16.9. The highest BCUT2D eigenvalue weighted by atomic mass is 127. The molecule has 4 rings (SSSR count). The molecule has 0 amide bonds. The molecule has 2 aromatic rings. The summed E-state index contributed by atoms with van der Waals surface area (Å²) >= 11 is 1.76. The van der Waals surface area contributed by atoms with Crippen molar-refractivity contribution < 1.29 is 5.11 Å². The van der Waals surface area contributed by atoms with E-state index in [1.54, 1.807) is 17.4 Å². The molecular weight excluding hydrogens is 511 g/mol. The third kappa shape index (κ3) is 5.48. The number of guanidine groups is 1. The molecule has 0 unspecified atom stereocenters. The molecule has 0 saturated carbocycles. The summed E-state index contributed by atoms with van der Waals surface area (Å²) in [6, 6.07) is 7.55. The number of phenolic OH excluding ortho intramolecular Hbond substituents is 1. The highest BCUT2D eigenvalue weighted by molar-refractivity contribution is 14.0. The average Bonchev–Trinajstić information content (AvgIpc) is 3.44. The number of phenols is 1. The number of benzene rings is 1. The summed E-state index contributed by atoms with van der Waals surface area (Å²) in [5.41, 5.74) is 2.07. The average molecular weight is 542 g/mol. The minimum Gasteiger partial charge on any atom is -0.506 e. The number of halogens is 1. The third-order valence-corrected chi connectivity index (χ3v) is 6.54. The van der Waals surface area contributed by atoms with Crippen LogP contribution in [0.25, 0.3) is 0 Å². The second kappa shape index (κ2) is 11.0. The summed E-state index contributed by atoms with van der Waals surface area (Å²) in [5.74, 6) is 1.29. The molecule has 9 heteroatoms. The van der Waals surface area contributed by atoms with Crippen molar-refractivity contribution in [1.29, 1.82) is 0 Å². The number of anilines is 2. The van der Waals surface area contributed by atoms with Crippen molar-refractivity contribution in [2.45, 2.75) is 19.3 Å². The van der Waals surface area contributed by atoms with Crippen molar-refractivity contribution in [2.24, 2.45) is 4.99 Å². The Bertz CT molecular complexity index is 830. The summed E-state index contributed by atoms with van der Waals surface area (Å²) in [6.07, 6.45) is 3.47. The zero-order valence-corrected chi connectivity index (χ0v) is 20.6. The fourth-order valence-corrected chi connectivity index (χ4v) is 4.90. The Hall–Kier alpha value is -1.75. The molecular formula is C21H31IN6OS. The summed E-state index contributed by atoms with van der Waals surface area (Å²) in [7, 11) is 1.84. The van der Waals surface area contributed by atoms with E-state index in [0.29, 0.717) is 5.75 Å². The van der Waals surface area contributed by atoms with Gasteiger partial charge in [0, 0.05) is 64.7 Å². The van der Waals surface area contributed by atoms with Crippen LogP contribution < -0.4 is 15.1 Å². The second-order valence-electron chi connectivity index (χ2n) is 7.50. The molecule has 2 aliphatic rings. The smallest absolute Gasteiger partial charge is 0.193 e. The van der Waals surface area contributed by atoms with Crippen LogP contribution in [0.3, 0.4) is 0 Å². The lowest BCUT2D eigenvalue weighted by atomic mass is 10.2. The largest absolute Gasteiger partial charge is 0.506 e. The van der Waals surface area contributed by atoms with Crippen LogP contribution in [0.1, 0.15) is 18.5 Å². The number of para-hydroxylation sites is 2. The van der Waals surface area contributed by atoms with Crippen molar-refractivity contribution >= 4 is 52.1 Å². The first-order chi connectivity index (χ1) is 14.2. The van der Waals surface area contributed by atoms with Crippen LogP contribution in [0.2, 0.25) is 0 Å². The van der Waals surface area contributed by atoms with E-state index in [9.17, 15) is 5.11 Å².